The normalized spacial score (nSPS) is 10.6. The number of nitrogens with one attached hydrogen (secondary N) is 2. The summed E-state index contributed by atoms with van der Waals surface area (Å²) in [5, 5.41) is 17.5. The largest absolute Gasteiger partial charge is 0.423 e. The smallest absolute Gasteiger partial charge is 0.345 e. The van der Waals surface area contributed by atoms with Crippen molar-refractivity contribution in [2.75, 3.05) is 6.54 Å². The van der Waals surface area contributed by atoms with Crippen LogP contribution in [0.15, 0.2) is 77.9 Å². The van der Waals surface area contributed by atoms with E-state index in [0.29, 0.717) is 17.7 Å². The molecule has 0 saturated carbocycles. The number of halogens is 1. The highest BCUT2D eigenvalue weighted by molar-refractivity contribution is 6.33. The summed E-state index contributed by atoms with van der Waals surface area (Å²) in [6, 6.07) is 18.4. The molecule has 0 bridgehead atoms. The quantitative estimate of drug-likeness (QED) is 0.105. The first-order chi connectivity index (χ1) is 17.3. The lowest BCUT2D eigenvalue weighted by Gasteiger charge is -2.06. The van der Waals surface area contributed by atoms with Crippen molar-refractivity contribution in [2.24, 2.45) is 5.10 Å². The van der Waals surface area contributed by atoms with Crippen LogP contribution >= 0.6 is 11.6 Å². The lowest BCUT2D eigenvalue weighted by atomic mass is 10.2. The van der Waals surface area contributed by atoms with Gasteiger partial charge in [0.25, 0.3) is 11.6 Å². The fraction of sp³-hybridized carbons (Fsp3) is 0.120. The van der Waals surface area contributed by atoms with Crippen LogP contribution in [0.2, 0.25) is 5.02 Å². The zero-order valence-electron chi connectivity index (χ0n) is 18.8. The summed E-state index contributed by atoms with van der Waals surface area (Å²) in [4.78, 5) is 46.4. The Labute approximate surface area is 211 Å². The summed E-state index contributed by atoms with van der Waals surface area (Å²) < 4.78 is 5.35. The molecule has 11 heteroatoms. The Bertz CT molecular complexity index is 1290. The lowest BCUT2D eigenvalue weighted by molar-refractivity contribution is -0.384. The molecule has 0 fully saturated rings. The highest BCUT2D eigenvalue weighted by Gasteiger charge is 2.12. The Morgan fingerprint density at radius 1 is 1.03 bits per heavy atom. The van der Waals surface area contributed by atoms with E-state index in [2.05, 4.69) is 15.8 Å². The van der Waals surface area contributed by atoms with Crippen LogP contribution in [0.5, 0.6) is 5.75 Å². The molecule has 0 aliphatic carbocycles. The standard InChI is InChI=1S/C25H21ClN4O6/c26-22-8-2-1-7-21(22)25(33)36-20-6-3-5-17(15-20)16-28-29-23(31)9-4-14-27-24(32)18-10-12-19(13-11-18)30(34)35/h1-3,5-8,10-13,15-16H,4,9,14H2,(H,27,32)(H,29,31). The number of non-ortho nitro benzene ring substituents is 1. The van der Waals surface area contributed by atoms with E-state index in [1.807, 2.05) is 0 Å². The highest BCUT2D eigenvalue weighted by Crippen LogP contribution is 2.19. The summed E-state index contributed by atoms with van der Waals surface area (Å²) >= 11 is 6.02. The van der Waals surface area contributed by atoms with Gasteiger partial charge >= 0.3 is 5.97 Å². The molecule has 3 aromatic rings. The average molecular weight is 509 g/mol. The molecule has 184 valence electrons. The minimum Gasteiger partial charge on any atom is -0.423 e. The summed E-state index contributed by atoms with van der Waals surface area (Å²) in [7, 11) is 0. The number of nitrogens with zero attached hydrogens (tertiary/aromatic N) is 2. The monoisotopic (exact) mass is 508 g/mol. The molecule has 0 atom stereocenters. The lowest BCUT2D eigenvalue weighted by Crippen LogP contribution is -2.26. The fourth-order valence-corrected chi connectivity index (χ4v) is 3.18. The predicted molar refractivity (Wildman–Crippen MR) is 133 cm³/mol. The van der Waals surface area contributed by atoms with Crippen molar-refractivity contribution in [2.45, 2.75) is 12.8 Å². The van der Waals surface area contributed by atoms with E-state index in [1.54, 1.807) is 48.5 Å². The number of amides is 2. The second kappa shape index (κ2) is 12.8. The van der Waals surface area contributed by atoms with Crippen molar-refractivity contribution in [3.05, 3.63) is 105 Å². The second-order valence-electron chi connectivity index (χ2n) is 7.40. The van der Waals surface area contributed by atoms with Crippen LogP contribution in [0.3, 0.4) is 0 Å². The van der Waals surface area contributed by atoms with E-state index in [0.717, 1.165) is 0 Å². The summed E-state index contributed by atoms with van der Waals surface area (Å²) in [5.74, 6) is -1.04. The summed E-state index contributed by atoms with van der Waals surface area (Å²) in [5.41, 5.74) is 3.41. The van der Waals surface area contributed by atoms with E-state index in [9.17, 15) is 24.5 Å². The third kappa shape index (κ3) is 7.74. The molecule has 0 aromatic heterocycles. The topological polar surface area (TPSA) is 140 Å². The van der Waals surface area contributed by atoms with Gasteiger partial charge in [0.1, 0.15) is 5.75 Å². The van der Waals surface area contributed by atoms with Crippen molar-refractivity contribution in [1.82, 2.24) is 10.7 Å². The molecule has 0 unspecified atom stereocenters. The van der Waals surface area contributed by atoms with Crippen molar-refractivity contribution < 1.29 is 24.0 Å². The van der Waals surface area contributed by atoms with E-state index in [1.165, 1.54) is 30.5 Å². The van der Waals surface area contributed by atoms with Gasteiger partial charge in [-0.15, -0.1) is 0 Å². The SMILES string of the molecule is O=C(CCCNC(=O)c1ccc([N+](=O)[O-])cc1)NN=Cc1cccc(OC(=O)c2ccccc2Cl)c1. The Balaban J connectivity index is 1.40. The first-order valence-electron chi connectivity index (χ1n) is 10.7. The molecule has 0 spiro atoms. The van der Waals surface area contributed by atoms with Crippen molar-refractivity contribution in [3.63, 3.8) is 0 Å². The number of nitro benzene ring substituents is 1. The number of carbonyl (C=O) groups is 3. The number of hydrogen-bond donors (Lipinski definition) is 2. The molecule has 2 N–H and O–H groups in total. The maximum absolute atomic E-state index is 12.3. The zero-order chi connectivity index (χ0) is 25.9. The van der Waals surface area contributed by atoms with Crippen molar-refractivity contribution >= 4 is 41.3 Å². The van der Waals surface area contributed by atoms with Crippen LogP contribution in [0.4, 0.5) is 5.69 Å². The number of hydrazone groups is 1. The first-order valence-corrected chi connectivity index (χ1v) is 11.1. The maximum atomic E-state index is 12.3. The predicted octanol–water partition coefficient (Wildman–Crippen LogP) is 4.13. The van der Waals surface area contributed by atoms with E-state index >= 15 is 0 Å². The maximum Gasteiger partial charge on any atom is 0.345 e. The average Bonchev–Trinajstić information content (AvgIpc) is 2.87. The molecule has 10 nitrogen and oxygen atoms in total. The minimum atomic E-state index is -0.594. The fourth-order valence-electron chi connectivity index (χ4n) is 2.97. The van der Waals surface area contributed by atoms with Gasteiger partial charge in [0.2, 0.25) is 5.91 Å². The summed E-state index contributed by atoms with van der Waals surface area (Å²) in [6.45, 7) is 0.242. The number of hydrogen-bond acceptors (Lipinski definition) is 7. The van der Waals surface area contributed by atoms with Gasteiger partial charge in [-0.1, -0.05) is 35.9 Å². The van der Waals surface area contributed by atoms with Gasteiger partial charge in [-0.2, -0.15) is 5.10 Å². The van der Waals surface area contributed by atoms with Crippen LogP contribution in [0, 0.1) is 10.1 Å². The number of esters is 1. The molecule has 0 radical (unpaired) electrons. The van der Waals surface area contributed by atoms with Crippen LogP contribution in [-0.2, 0) is 4.79 Å². The highest BCUT2D eigenvalue weighted by atomic mass is 35.5. The number of nitro groups is 1. The third-order valence-electron chi connectivity index (χ3n) is 4.77. The zero-order valence-corrected chi connectivity index (χ0v) is 19.6. The van der Waals surface area contributed by atoms with Gasteiger partial charge in [0.05, 0.1) is 21.7 Å². The number of carbonyl (C=O) groups excluding carboxylic acids is 3. The van der Waals surface area contributed by atoms with Crippen LogP contribution in [0.25, 0.3) is 0 Å². The van der Waals surface area contributed by atoms with E-state index in [4.69, 9.17) is 16.3 Å². The number of ether oxygens (including phenoxy) is 1. The molecule has 3 aromatic carbocycles. The van der Waals surface area contributed by atoms with Crippen LogP contribution in [-0.4, -0.2) is 35.5 Å². The van der Waals surface area contributed by atoms with Gasteiger partial charge in [-0.25, -0.2) is 10.2 Å². The summed E-state index contributed by atoms with van der Waals surface area (Å²) in [6.07, 6.45) is 1.89. The molecular formula is C25H21ClN4O6. The van der Waals surface area contributed by atoms with Crippen LogP contribution in [0.1, 0.15) is 39.1 Å². The number of rotatable bonds is 10. The Morgan fingerprint density at radius 3 is 2.50 bits per heavy atom. The van der Waals surface area contributed by atoms with Crippen LogP contribution < -0.4 is 15.5 Å². The van der Waals surface area contributed by atoms with E-state index in [-0.39, 0.29) is 40.7 Å². The molecule has 0 aliphatic heterocycles. The van der Waals surface area contributed by atoms with Crippen molar-refractivity contribution in [3.8, 4) is 5.75 Å². The van der Waals surface area contributed by atoms with Gasteiger partial charge < -0.3 is 10.1 Å². The van der Waals surface area contributed by atoms with Gasteiger partial charge in [-0.05, 0) is 48.4 Å². The number of benzene rings is 3. The molecule has 0 heterocycles. The molecule has 3 rings (SSSR count). The van der Waals surface area contributed by atoms with Crippen molar-refractivity contribution in [1.29, 1.82) is 0 Å². The van der Waals surface area contributed by atoms with Gasteiger partial charge in [0.15, 0.2) is 0 Å². The molecule has 0 aliphatic rings. The first kappa shape index (κ1) is 26.0. The molecule has 0 saturated heterocycles. The third-order valence-corrected chi connectivity index (χ3v) is 5.10. The van der Waals surface area contributed by atoms with Gasteiger partial charge in [0, 0.05) is 30.7 Å². The second-order valence-corrected chi connectivity index (χ2v) is 7.81. The minimum absolute atomic E-state index is 0.103. The Kier molecular flexibility index (Phi) is 9.24. The van der Waals surface area contributed by atoms with Gasteiger partial charge in [-0.3, -0.25) is 19.7 Å². The molecule has 2 amide bonds. The van der Waals surface area contributed by atoms with E-state index < -0.39 is 16.8 Å². The molecular weight excluding hydrogens is 488 g/mol. The Hall–Kier alpha value is -4.57. The molecule has 36 heavy (non-hydrogen) atoms. The Morgan fingerprint density at radius 2 is 1.78 bits per heavy atom.